The zero-order chi connectivity index (χ0) is 10.0. The van der Waals surface area contributed by atoms with E-state index in [-0.39, 0.29) is 5.41 Å². The third-order valence-corrected chi connectivity index (χ3v) is 4.56. The first-order valence-electron chi connectivity index (χ1n) is 4.90. The van der Waals surface area contributed by atoms with Gasteiger partial charge in [-0.15, -0.1) is 11.3 Å². The number of nitrogens with zero attached hydrogens (tertiary/aromatic N) is 1. The second-order valence-electron chi connectivity index (χ2n) is 3.98. The zero-order valence-electron chi connectivity index (χ0n) is 7.92. The van der Waals surface area contributed by atoms with Crippen LogP contribution in [-0.2, 0) is 6.42 Å². The van der Waals surface area contributed by atoms with E-state index < -0.39 is 0 Å². The summed E-state index contributed by atoms with van der Waals surface area (Å²) in [5.41, 5.74) is -0.0513. The van der Waals surface area contributed by atoms with Gasteiger partial charge in [0.15, 0.2) is 0 Å². The molecule has 1 aromatic rings. The van der Waals surface area contributed by atoms with Crippen molar-refractivity contribution in [3.05, 3.63) is 20.8 Å². The standard InChI is InChI=1S/C11H12BrNS/c12-10-4-3-9(14-10)7-11(8-13)5-1-2-6-11/h3-4H,1-2,5-7H2. The van der Waals surface area contributed by atoms with E-state index in [1.54, 1.807) is 11.3 Å². The fourth-order valence-corrected chi connectivity index (χ4v) is 3.79. The zero-order valence-corrected chi connectivity index (χ0v) is 10.3. The minimum atomic E-state index is -0.0513. The quantitative estimate of drug-likeness (QED) is 0.792. The molecule has 1 fully saturated rings. The Hall–Kier alpha value is -0.330. The molecule has 0 aromatic carbocycles. The topological polar surface area (TPSA) is 23.8 Å². The van der Waals surface area contributed by atoms with Gasteiger partial charge in [-0.1, -0.05) is 12.8 Å². The fraction of sp³-hybridized carbons (Fsp3) is 0.545. The Morgan fingerprint density at radius 2 is 2.14 bits per heavy atom. The van der Waals surface area contributed by atoms with E-state index in [0.29, 0.717) is 0 Å². The molecule has 0 radical (unpaired) electrons. The summed E-state index contributed by atoms with van der Waals surface area (Å²) in [7, 11) is 0. The summed E-state index contributed by atoms with van der Waals surface area (Å²) >= 11 is 5.21. The van der Waals surface area contributed by atoms with E-state index >= 15 is 0 Å². The van der Waals surface area contributed by atoms with Crippen LogP contribution in [0.2, 0.25) is 0 Å². The molecule has 0 bridgehead atoms. The molecule has 0 saturated heterocycles. The van der Waals surface area contributed by atoms with Crippen molar-refractivity contribution in [3.8, 4) is 6.07 Å². The average Bonchev–Trinajstić information content (AvgIpc) is 2.77. The van der Waals surface area contributed by atoms with Crippen LogP contribution >= 0.6 is 27.3 Å². The van der Waals surface area contributed by atoms with E-state index in [1.165, 1.54) is 21.5 Å². The molecule has 14 heavy (non-hydrogen) atoms. The van der Waals surface area contributed by atoms with Gasteiger partial charge in [-0.2, -0.15) is 5.26 Å². The third-order valence-electron chi connectivity index (χ3n) is 2.94. The van der Waals surface area contributed by atoms with Crippen molar-refractivity contribution >= 4 is 27.3 Å². The van der Waals surface area contributed by atoms with Crippen LogP contribution in [-0.4, -0.2) is 0 Å². The molecule has 1 aliphatic rings. The van der Waals surface area contributed by atoms with Crippen molar-refractivity contribution in [3.63, 3.8) is 0 Å². The summed E-state index contributed by atoms with van der Waals surface area (Å²) in [6.45, 7) is 0. The molecule has 0 N–H and O–H groups in total. The minimum absolute atomic E-state index is 0.0513. The van der Waals surface area contributed by atoms with E-state index in [2.05, 4.69) is 34.1 Å². The lowest BCUT2D eigenvalue weighted by Crippen LogP contribution is -2.16. The van der Waals surface area contributed by atoms with Gasteiger partial charge in [0, 0.05) is 11.3 Å². The molecule has 2 rings (SSSR count). The number of halogens is 1. The van der Waals surface area contributed by atoms with Gasteiger partial charge in [-0.3, -0.25) is 0 Å². The van der Waals surface area contributed by atoms with E-state index in [4.69, 9.17) is 0 Å². The van der Waals surface area contributed by atoms with Gasteiger partial charge in [-0.05, 0) is 40.9 Å². The lowest BCUT2D eigenvalue weighted by molar-refractivity contribution is 0.411. The molecule has 1 aromatic heterocycles. The maximum Gasteiger partial charge on any atom is 0.0701 e. The molecule has 1 nitrogen and oxygen atoms in total. The van der Waals surface area contributed by atoms with E-state index in [1.807, 2.05) is 0 Å². The van der Waals surface area contributed by atoms with Crippen molar-refractivity contribution in [1.29, 1.82) is 5.26 Å². The van der Waals surface area contributed by atoms with Crippen LogP contribution in [0.1, 0.15) is 30.6 Å². The largest absolute Gasteiger partial charge is 0.198 e. The van der Waals surface area contributed by atoms with Gasteiger partial charge in [0.25, 0.3) is 0 Å². The maximum atomic E-state index is 9.23. The molecule has 1 aliphatic carbocycles. The molecule has 1 heterocycles. The first-order chi connectivity index (χ1) is 6.74. The number of hydrogen-bond acceptors (Lipinski definition) is 2. The average molecular weight is 270 g/mol. The molecule has 74 valence electrons. The van der Waals surface area contributed by atoms with Gasteiger partial charge >= 0.3 is 0 Å². The minimum Gasteiger partial charge on any atom is -0.198 e. The summed E-state index contributed by atoms with van der Waals surface area (Å²) in [5, 5.41) is 9.23. The normalized spacial score (nSPS) is 19.4. The molecule has 0 spiro atoms. The highest BCUT2D eigenvalue weighted by Crippen LogP contribution is 2.41. The highest BCUT2D eigenvalue weighted by molar-refractivity contribution is 9.11. The van der Waals surface area contributed by atoms with Gasteiger partial charge in [0.05, 0.1) is 15.3 Å². The second-order valence-corrected chi connectivity index (χ2v) is 6.53. The van der Waals surface area contributed by atoms with Crippen LogP contribution in [0.25, 0.3) is 0 Å². The number of hydrogen-bond donors (Lipinski definition) is 0. The number of nitriles is 1. The second kappa shape index (κ2) is 4.04. The fourth-order valence-electron chi connectivity index (χ4n) is 2.16. The van der Waals surface area contributed by atoms with E-state index in [9.17, 15) is 5.26 Å². The van der Waals surface area contributed by atoms with Crippen molar-refractivity contribution < 1.29 is 0 Å². The third kappa shape index (κ3) is 2.02. The van der Waals surface area contributed by atoms with Gasteiger partial charge < -0.3 is 0 Å². The van der Waals surface area contributed by atoms with Gasteiger partial charge in [0.1, 0.15) is 0 Å². The summed E-state index contributed by atoms with van der Waals surface area (Å²) in [6, 6.07) is 6.73. The summed E-state index contributed by atoms with van der Waals surface area (Å²) in [6.07, 6.45) is 5.55. The number of rotatable bonds is 2. The molecule has 0 atom stereocenters. The smallest absolute Gasteiger partial charge is 0.0701 e. The van der Waals surface area contributed by atoms with Crippen molar-refractivity contribution in [2.24, 2.45) is 5.41 Å². The van der Waals surface area contributed by atoms with Crippen molar-refractivity contribution in [1.82, 2.24) is 0 Å². The summed E-state index contributed by atoms with van der Waals surface area (Å²) < 4.78 is 1.17. The Kier molecular flexibility index (Phi) is 2.94. The lowest BCUT2D eigenvalue weighted by Gasteiger charge is -2.18. The Morgan fingerprint density at radius 1 is 1.43 bits per heavy atom. The van der Waals surface area contributed by atoms with Gasteiger partial charge in [-0.25, -0.2) is 0 Å². The van der Waals surface area contributed by atoms with Crippen LogP contribution in [0.15, 0.2) is 15.9 Å². The van der Waals surface area contributed by atoms with Crippen LogP contribution in [0.3, 0.4) is 0 Å². The molecule has 0 amide bonds. The predicted octanol–water partition coefficient (Wildman–Crippen LogP) is 4.14. The highest BCUT2D eigenvalue weighted by Gasteiger charge is 2.34. The number of thiophene rings is 1. The Balaban J connectivity index is 2.13. The summed E-state index contributed by atoms with van der Waals surface area (Å²) in [5.74, 6) is 0. The van der Waals surface area contributed by atoms with Crippen molar-refractivity contribution in [2.45, 2.75) is 32.1 Å². The highest BCUT2D eigenvalue weighted by atomic mass is 79.9. The van der Waals surface area contributed by atoms with Crippen LogP contribution in [0, 0.1) is 16.7 Å². The SMILES string of the molecule is N#CC1(Cc2ccc(Br)s2)CCCC1. The van der Waals surface area contributed by atoms with Crippen LogP contribution < -0.4 is 0 Å². The Bertz CT molecular complexity index is 358. The molecular formula is C11H12BrNS. The molecular weight excluding hydrogens is 258 g/mol. The van der Waals surface area contributed by atoms with Crippen LogP contribution in [0.5, 0.6) is 0 Å². The first-order valence-corrected chi connectivity index (χ1v) is 6.51. The van der Waals surface area contributed by atoms with E-state index in [0.717, 1.165) is 19.3 Å². The maximum absolute atomic E-state index is 9.23. The molecule has 0 aliphatic heterocycles. The predicted molar refractivity (Wildman–Crippen MR) is 62.2 cm³/mol. The monoisotopic (exact) mass is 269 g/mol. The first kappa shape index (κ1) is 10.2. The Labute approximate surface area is 96.9 Å². The van der Waals surface area contributed by atoms with Crippen LogP contribution in [0.4, 0.5) is 0 Å². The van der Waals surface area contributed by atoms with Gasteiger partial charge in [0.2, 0.25) is 0 Å². The Morgan fingerprint density at radius 3 is 2.64 bits per heavy atom. The molecule has 1 saturated carbocycles. The molecule has 3 heteroatoms. The summed E-state index contributed by atoms with van der Waals surface area (Å²) in [4.78, 5) is 1.33. The van der Waals surface area contributed by atoms with Crippen molar-refractivity contribution in [2.75, 3.05) is 0 Å². The molecule has 0 unspecified atom stereocenters. The lowest BCUT2D eigenvalue weighted by atomic mass is 9.84.